The molecule has 1 aromatic rings. The fourth-order valence-corrected chi connectivity index (χ4v) is 2.66. The van der Waals surface area contributed by atoms with Crippen LogP contribution in [-0.4, -0.2) is 22.9 Å². The van der Waals surface area contributed by atoms with Gasteiger partial charge in [-0.2, -0.15) is 0 Å². The monoisotopic (exact) mass is 263 g/mol. The number of nitrogens with one attached hydrogen (secondary N) is 1. The van der Waals surface area contributed by atoms with Crippen LogP contribution in [0, 0.1) is 0 Å². The maximum absolute atomic E-state index is 9.35. The van der Waals surface area contributed by atoms with E-state index < -0.39 is 0 Å². The van der Waals surface area contributed by atoms with Gasteiger partial charge < -0.3 is 15.2 Å². The van der Waals surface area contributed by atoms with E-state index in [0.29, 0.717) is 6.04 Å². The van der Waals surface area contributed by atoms with E-state index in [0.717, 1.165) is 25.1 Å². The van der Waals surface area contributed by atoms with Gasteiger partial charge >= 0.3 is 0 Å². The zero-order valence-corrected chi connectivity index (χ0v) is 12.4. The summed E-state index contributed by atoms with van der Waals surface area (Å²) in [5.74, 6) is 1.02. The Kier molecular flexibility index (Phi) is 4.16. The van der Waals surface area contributed by atoms with E-state index in [1.165, 1.54) is 11.1 Å². The molecule has 0 aromatic heterocycles. The maximum atomic E-state index is 9.35. The topological polar surface area (TPSA) is 41.5 Å². The highest BCUT2D eigenvalue weighted by atomic mass is 16.5. The van der Waals surface area contributed by atoms with Crippen LogP contribution in [0.15, 0.2) is 18.2 Å². The van der Waals surface area contributed by atoms with Crippen LogP contribution in [-0.2, 0) is 13.0 Å². The fourth-order valence-electron chi connectivity index (χ4n) is 2.66. The van der Waals surface area contributed by atoms with Gasteiger partial charge in [0.25, 0.3) is 0 Å². The molecule has 1 aromatic carbocycles. The van der Waals surface area contributed by atoms with Crippen molar-refractivity contribution in [1.29, 1.82) is 0 Å². The Bertz CT molecular complexity index is 440. The van der Waals surface area contributed by atoms with E-state index in [9.17, 15) is 5.11 Å². The molecule has 3 nitrogen and oxygen atoms in total. The van der Waals surface area contributed by atoms with Crippen LogP contribution in [0.2, 0.25) is 0 Å². The van der Waals surface area contributed by atoms with Crippen LogP contribution < -0.4 is 10.1 Å². The molecule has 0 saturated heterocycles. The Morgan fingerprint density at radius 2 is 2.11 bits per heavy atom. The molecule has 19 heavy (non-hydrogen) atoms. The number of hydrogen-bond acceptors (Lipinski definition) is 3. The highest BCUT2D eigenvalue weighted by molar-refractivity contribution is 5.41. The summed E-state index contributed by atoms with van der Waals surface area (Å²) in [7, 11) is 0. The van der Waals surface area contributed by atoms with Gasteiger partial charge in [-0.05, 0) is 51.3 Å². The third-order valence-corrected chi connectivity index (χ3v) is 3.48. The third-order valence-electron chi connectivity index (χ3n) is 3.48. The molecule has 0 bridgehead atoms. The van der Waals surface area contributed by atoms with Gasteiger partial charge in [0.2, 0.25) is 0 Å². The molecular formula is C16H25NO2. The van der Waals surface area contributed by atoms with E-state index in [1.54, 1.807) is 0 Å². The minimum atomic E-state index is -0.253. The number of aliphatic hydroxyl groups is 1. The molecule has 0 spiro atoms. The van der Waals surface area contributed by atoms with Crippen molar-refractivity contribution >= 4 is 0 Å². The average Bonchev–Trinajstić information content (AvgIpc) is 2.58. The first-order chi connectivity index (χ1) is 8.85. The third kappa shape index (κ3) is 3.95. The number of benzene rings is 1. The van der Waals surface area contributed by atoms with Gasteiger partial charge in [0.05, 0.1) is 6.10 Å². The van der Waals surface area contributed by atoms with Crippen molar-refractivity contribution in [3.8, 4) is 5.75 Å². The zero-order chi connectivity index (χ0) is 14.0. The lowest BCUT2D eigenvalue weighted by Crippen LogP contribution is -2.28. The largest absolute Gasteiger partial charge is 0.487 e. The molecule has 0 amide bonds. The van der Waals surface area contributed by atoms with E-state index in [2.05, 4.69) is 44.3 Å². The summed E-state index contributed by atoms with van der Waals surface area (Å²) in [4.78, 5) is 0. The number of fused-ring (bicyclic) bond motifs is 1. The number of ether oxygens (including phenoxy) is 1. The quantitative estimate of drug-likeness (QED) is 0.858. The second kappa shape index (κ2) is 5.51. The molecular weight excluding hydrogens is 238 g/mol. The van der Waals surface area contributed by atoms with Crippen LogP contribution in [0.5, 0.6) is 5.75 Å². The van der Waals surface area contributed by atoms with Crippen LogP contribution in [0.1, 0.15) is 45.2 Å². The van der Waals surface area contributed by atoms with Gasteiger partial charge in [0.1, 0.15) is 11.4 Å². The maximum Gasteiger partial charge on any atom is 0.123 e. The van der Waals surface area contributed by atoms with Gasteiger partial charge in [-0.3, -0.25) is 0 Å². The second-order valence-electron chi connectivity index (χ2n) is 6.35. The number of rotatable bonds is 5. The van der Waals surface area contributed by atoms with E-state index >= 15 is 0 Å². The highest BCUT2D eigenvalue weighted by Gasteiger charge is 2.29. The fraction of sp³-hybridized carbons (Fsp3) is 0.625. The van der Waals surface area contributed by atoms with E-state index in [-0.39, 0.29) is 11.7 Å². The Balaban J connectivity index is 1.93. The van der Waals surface area contributed by atoms with Crippen molar-refractivity contribution in [2.45, 2.75) is 64.8 Å². The molecule has 0 saturated carbocycles. The summed E-state index contributed by atoms with van der Waals surface area (Å²) in [5.41, 5.74) is 2.50. The molecule has 2 atom stereocenters. The summed E-state index contributed by atoms with van der Waals surface area (Å²) >= 11 is 0. The van der Waals surface area contributed by atoms with Gasteiger partial charge in [-0.15, -0.1) is 0 Å². The van der Waals surface area contributed by atoms with E-state index in [4.69, 9.17) is 4.74 Å². The highest BCUT2D eigenvalue weighted by Crippen LogP contribution is 2.35. The number of aliphatic hydroxyl groups excluding tert-OH is 1. The molecule has 106 valence electrons. The van der Waals surface area contributed by atoms with Crippen LogP contribution in [0.25, 0.3) is 0 Å². The smallest absolute Gasteiger partial charge is 0.123 e. The lowest BCUT2D eigenvalue weighted by Gasteiger charge is -2.16. The van der Waals surface area contributed by atoms with Crippen molar-refractivity contribution in [3.05, 3.63) is 29.3 Å². The van der Waals surface area contributed by atoms with Crippen LogP contribution in [0.3, 0.4) is 0 Å². The van der Waals surface area contributed by atoms with E-state index in [1.807, 2.05) is 6.92 Å². The Labute approximate surface area is 116 Å². The first-order valence-corrected chi connectivity index (χ1v) is 7.08. The van der Waals surface area contributed by atoms with Crippen molar-refractivity contribution in [1.82, 2.24) is 5.32 Å². The lowest BCUT2D eigenvalue weighted by atomic mass is 10.00. The summed E-state index contributed by atoms with van der Waals surface area (Å²) < 4.78 is 5.87. The SMILES string of the molecule is CC(O)CC(C)NCc1ccc2c(c1)CC(C)(C)O2. The minimum Gasteiger partial charge on any atom is -0.487 e. The average molecular weight is 263 g/mol. The van der Waals surface area contributed by atoms with Gasteiger partial charge in [0.15, 0.2) is 0 Å². The van der Waals surface area contributed by atoms with Gasteiger partial charge in [-0.25, -0.2) is 0 Å². The molecule has 2 unspecified atom stereocenters. The molecule has 1 heterocycles. The molecule has 0 radical (unpaired) electrons. The predicted molar refractivity (Wildman–Crippen MR) is 77.5 cm³/mol. The summed E-state index contributed by atoms with van der Waals surface area (Å²) in [6, 6.07) is 6.73. The predicted octanol–water partition coefficient (Wildman–Crippen LogP) is 2.65. The van der Waals surface area contributed by atoms with Crippen molar-refractivity contribution in [3.63, 3.8) is 0 Å². The molecule has 0 fully saturated rings. The summed E-state index contributed by atoms with van der Waals surface area (Å²) in [5, 5.41) is 12.8. The van der Waals surface area contributed by atoms with Gasteiger partial charge in [-0.1, -0.05) is 12.1 Å². The Morgan fingerprint density at radius 3 is 2.79 bits per heavy atom. The second-order valence-corrected chi connectivity index (χ2v) is 6.35. The van der Waals surface area contributed by atoms with Gasteiger partial charge in [0, 0.05) is 19.0 Å². The molecule has 1 aliphatic heterocycles. The van der Waals surface area contributed by atoms with Crippen molar-refractivity contribution in [2.75, 3.05) is 0 Å². The summed E-state index contributed by atoms with van der Waals surface area (Å²) in [6.07, 6.45) is 1.50. The van der Waals surface area contributed by atoms with Crippen molar-refractivity contribution in [2.24, 2.45) is 0 Å². The molecule has 2 rings (SSSR count). The standard InChI is InChI=1S/C16H25NO2/c1-11(7-12(2)18)17-10-13-5-6-15-14(8-13)9-16(3,4)19-15/h5-6,8,11-12,17-18H,7,9-10H2,1-4H3. The molecule has 3 heteroatoms. The first-order valence-electron chi connectivity index (χ1n) is 7.08. The molecule has 1 aliphatic rings. The Morgan fingerprint density at radius 1 is 1.37 bits per heavy atom. The van der Waals surface area contributed by atoms with Crippen molar-refractivity contribution < 1.29 is 9.84 Å². The Hall–Kier alpha value is -1.06. The van der Waals surface area contributed by atoms with Crippen LogP contribution >= 0.6 is 0 Å². The first kappa shape index (κ1) is 14.4. The summed E-state index contributed by atoms with van der Waals surface area (Å²) in [6.45, 7) is 9.01. The minimum absolute atomic E-state index is 0.0754. The zero-order valence-electron chi connectivity index (χ0n) is 12.4. The molecule has 0 aliphatic carbocycles. The number of hydrogen-bond donors (Lipinski definition) is 2. The lowest BCUT2D eigenvalue weighted by molar-refractivity contribution is 0.138. The van der Waals surface area contributed by atoms with Crippen LogP contribution in [0.4, 0.5) is 0 Å². The molecule has 2 N–H and O–H groups in total. The normalized spacial score (nSPS) is 19.6.